The third kappa shape index (κ3) is 10.7. The number of fused-ring (bicyclic) bond motifs is 7. The van der Waals surface area contributed by atoms with Crippen molar-refractivity contribution in [2.24, 2.45) is 41.2 Å². The van der Waals surface area contributed by atoms with Crippen molar-refractivity contribution >= 4 is 47.6 Å². The van der Waals surface area contributed by atoms with Crippen LogP contribution in [0.4, 0.5) is 0 Å². The molecule has 354 valence electrons. The van der Waals surface area contributed by atoms with E-state index in [-0.39, 0.29) is 42.7 Å². The quantitative estimate of drug-likeness (QED) is 0.0501. The third-order valence-corrected chi connectivity index (χ3v) is 15.1. The first kappa shape index (κ1) is 49.6. The lowest BCUT2D eigenvalue weighted by molar-refractivity contribution is -0.143. The van der Waals surface area contributed by atoms with Gasteiger partial charge in [0.2, 0.25) is 0 Å². The maximum atomic E-state index is 14.5. The number of esters is 2. The van der Waals surface area contributed by atoms with Crippen molar-refractivity contribution in [3.63, 3.8) is 0 Å². The molecule has 0 spiro atoms. The summed E-state index contributed by atoms with van der Waals surface area (Å²) in [6.07, 6.45) is 22.8. The van der Waals surface area contributed by atoms with Crippen molar-refractivity contribution in [2.45, 2.75) is 158 Å². The van der Waals surface area contributed by atoms with Crippen LogP contribution in [0, 0.1) is 49.4 Å². The molecule has 1 aliphatic carbocycles. The molecule has 2 aromatic rings. The lowest BCUT2D eigenvalue weighted by atomic mass is 9.83. The Labute approximate surface area is 388 Å². The lowest BCUT2D eigenvalue weighted by Gasteiger charge is -2.23. The SMILES string of the molecule is C=Cc1c(C)/c2[nH]/c1=C\[C@]1(N)N/C(=C\c3[nH]c4c(c3C)C(=O)[C@H](C(=O)OC)/C4=C3/NC(\C=2)[C@@H](C)[C@@H]3CCC(=O)OC/C=C(\C)CCC[C@H](C)CCC[C@H](C)CCCC(C)C)C(CC)=C1C. The van der Waals surface area contributed by atoms with Crippen molar-refractivity contribution in [3.05, 3.63) is 85.1 Å². The van der Waals surface area contributed by atoms with Crippen LogP contribution in [0.25, 0.3) is 29.9 Å². The highest BCUT2D eigenvalue weighted by molar-refractivity contribution is 6.24. The van der Waals surface area contributed by atoms with Crippen molar-refractivity contribution in [1.29, 1.82) is 0 Å². The number of aromatic amines is 2. The molecule has 1 fully saturated rings. The van der Waals surface area contributed by atoms with Gasteiger partial charge in [-0.05, 0) is 124 Å². The fourth-order valence-corrected chi connectivity index (χ4v) is 10.9. The summed E-state index contributed by atoms with van der Waals surface area (Å²) in [4.78, 5) is 48.8. The number of carbonyl (C=O) groups is 3. The molecule has 5 heterocycles. The molecule has 10 heteroatoms. The topological polar surface area (TPSA) is 151 Å². The zero-order valence-corrected chi connectivity index (χ0v) is 41.4. The summed E-state index contributed by atoms with van der Waals surface area (Å²) in [5, 5.41) is 9.17. The average Bonchev–Trinajstić information content (AvgIpc) is 3.98. The van der Waals surface area contributed by atoms with Crippen molar-refractivity contribution in [1.82, 2.24) is 20.6 Å². The molecule has 0 radical (unpaired) electrons. The van der Waals surface area contributed by atoms with Gasteiger partial charge in [-0.2, -0.15) is 0 Å². The number of ketones is 1. The molecular formula is C55H79N5O5. The summed E-state index contributed by atoms with van der Waals surface area (Å²) >= 11 is 0. The van der Waals surface area contributed by atoms with Crippen LogP contribution in [0.15, 0.2) is 40.8 Å². The molecule has 3 aliphatic heterocycles. The molecule has 1 saturated heterocycles. The second kappa shape index (κ2) is 21.2. The fourth-order valence-electron chi connectivity index (χ4n) is 10.9. The molecule has 6 N–H and O–H groups in total. The highest BCUT2D eigenvalue weighted by Crippen LogP contribution is 2.48. The maximum Gasteiger partial charge on any atom is 0.321 e. The van der Waals surface area contributed by atoms with Crippen LogP contribution in [0.2, 0.25) is 0 Å². The number of H-pyrrole nitrogens is 2. The average molecular weight is 890 g/mol. The van der Waals surface area contributed by atoms with Gasteiger partial charge in [-0.3, -0.25) is 14.4 Å². The van der Waals surface area contributed by atoms with Crippen LogP contribution in [0.3, 0.4) is 0 Å². The number of rotatable bonds is 20. The van der Waals surface area contributed by atoms with Gasteiger partial charge in [0, 0.05) is 62.9 Å². The first-order valence-electron chi connectivity index (χ1n) is 24.6. The number of hydrogen-bond acceptors (Lipinski definition) is 8. The molecule has 0 aromatic carbocycles. The van der Waals surface area contributed by atoms with E-state index in [0.717, 1.165) is 92.6 Å². The zero-order chi connectivity index (χ0) is 47.3. The van der Waals surface area contributed by atoms with Crippen LogP contribution in [0.5, 0.6) is 0 Å². The minimum atomic E-state index is -1.15. The zero-order valence-electron chi connectivity index (χ0n) is 41.4. The van der Waals surface area contributed by atoms with E-state index in [1.54, 1.807) is 0 Å². The van der Waals surface area contributed by atoms with Gasteiger partial charge >= 0.3 is 11.9 Å². The van der Waals surface area contributed by atoms with E-state index in [1.807, 2.05) is 31.2 Å². The Balaban J connectivity index is 1.22. The van der Waals surface area contributed by atoms with Crippen LogP contribution in [-0.4, -0.2) is 53.1 Å². The highest BCUT2D eigenvalue weighted by Gasteiger charge is 2.49. The predicted molar refractivity (Wildman–Crippen MR) is 265 cm³/mol. The Morgan fingerprint density at radius 1 is 0.954 bits per heavy atom. The predicted octanol–water partition coefficient (Wildman–Crippen LogP) is 9.83. The summed E-state index contributed by atoms with van der Waals surface area (Å²) in [5.41, 5.74) is 16.3. The molecule has 0 saturated carbocycles. The van der Waals surface area contributed by atoms with Crippen molar-refractivity contribution < 1.29 is 23.9 Å². The summed E-state index contributed by atoms with van der Waals surface area (Å²) in [5.74, 6) is -0.239. The number of aromatic nitrogens is 2. The molecule has 10 nitrogen and oxygen atoms in total. The van der Waals surface area contributed by atoms with E-state index in [0.29, 0.717) is 23.3 Å². The number of ether oxygens (including phenoxy) is 2. The number of methoxy groups -OCH3 is 1. The van der Waals surface area contributed by atoms with Crippen molar-refractivity contribution in [3.8, 4) is 0 Å². The summed E-state index contributed by atoms with van der Waals surface area (Å²) in [7, 11) is 1.32. The Kier molecular flexibility index (Phi) is 16.2. The van der Waals surface area contributed by atoms with Gasteiger partial charge in [0.25, 0.3) is 0 Å². The summed E-state index contributed by atoms with van der Waals surface area (Å²) in [6, 6.07) is -0.213. The van der Waals surface area contributed by atoms with Gasteiger partial charge in [-0.1, -0.05) is 105 Å². The minimum Gasteiger partial charge on any atom is -0.468 e. The van der Waals surface area contributed by atoms with Crippen LogP contribution in [-0.2, 0) is 19.1 Å². The first-order chi connectivity index (χ1) is 30.9. The number of nitrogens with one attached hydrogen (secondary N) is 4. The number of allylic oxidation sites excluding steroid dienone is 3. The molecule has 6 rings (SSSR count). The molecule has 0 amide bonds. The molecule has 2 aromatic heterocycles. The summed E-state index contributed by atoms with van der Waals surface area (Å²) < 4.78 is 11.1. The minimum absolute atomic E-state index is 0.0307. The van der Waals surface area contributed by atoms with Crippen LogP contribution < -0.4 is 27.1 Å². The smallest absolute Gasteiger partial charge is 0.321 e. The van der Waals surface area contributed by atoms with Gasteiger partial charge in [-0.25, -0.2) is 0 Å². The van der Waals surface area contributed by atoms with Gasteiger partial charge in [-0.15, -0.1) is 0 Å². The Hall–Kier alpha value is -4.83. The van der Waals surface area contributed by atoms with Gasteiger partial charge in [0.15, 0.2) is 5.78 Å². The van der Waals surface area contributed by atoms with Crippen LogP contribution in [0.1, 0.15) is 171 Å². The molecule has 7 atom stereocenters. The van der Waals surface area contributed by atoms with E-state index in [1.165, 1.54) is 57.6 Å². The van der Waals surface area contributed by atoms with Gasteiger partial charge in [0.1, 0.15) is 18.2 Å². The van der Waals surface area contributed by atoms with E-state index >= 15 is 0 Å². The highest BCUT2D eigenvalue weighted by atomic mass is 16.5. The van der Waals surface area contributed by atoms with Gasteiger partial charge in [0.05, 0.1) is 12.8 Å². The Bertz CT molecular complexity index is 2390. The Morgan fingerprint density at radius 2 is 1.63 bits per heavy atom. The number of carbonyl (C=O) groups excluding carboxylic acids is 3. The second-order valence-corrected chi connectivity index (χ2v) is 20.3. The third-order valence-electron chi connectivity index (χ3n) is 15.1. The fraction of sp³-hybridized carbons (Fsp3) is 0.582. The maximum absolute atomic E-state index is 14.5. The first-order valence-corrected chi connectivity index (χ1v) is 24.6. The molecule has 1 unspecified atom stereocenters. The monoisotopic (exact) mass is 890 g/mol. The normalized spacial score (nSPS) is 26.4. The van der Waals surface area contributed by atoms with E-state index in [9.17, 15) is 14.4 Å². The molecule has 4 aliphatic rings. The van der Waals surface area contributed by atoms with E-state index in [4.69, 9.17) is 15.2 Å². The Morgan fingerprint density at radius 3 is 2.28 bits per heavy atom. The standard InChI is InChI=1S/C55H79N5O5/c1-13-39-35(8)42-28-43-36(9)41(24-25-47(61)65-27-26-34(7)23-17-22-33(6)21-16-20-32(5)19-15-18-31(3)4)51(58-43)49-50(54(63)64-12)53(62)48-37(10)44(59-52(48)49)29-45-40(14-2)38(11)55(56,60-45)30-46(39)57-42/h13,26,28-33,36,41,43,50,57-60H,1,14-25,27,56H2,2-12H3/b34-26+,42-28-,45-29-,46-30-,51-49-/t32-,33-,36+,41+,43?,50-,55+/m1/s1. The lowest BCUT2D eigenvalue weighted by Crippen LogP contribution is -2.49. The molecule has 65 heavy (non-hydrogen) atoms. The number of nitrogens with two attached hydrogens (primary N) is 1. The van der Waals surface area contributed by atoms with E-state index < -0.39 is 17.6 Å². The van der Waals surface area contributed by atoms with Crippen molar-refractivity contribution in [2.75, 3.05) is 13.7 Å². The molecule has 8 bridgehead atoms. The second-order valence-electron chi connectivity index (χ2n) is 20.3. The van der Waals surface area contributed by atoms with E-state index in [2.05, 4.69) is 95.6 Å². The van der Waals surface area contributed by atoms with Gasteiger partial charge < -0.3 is 35.8 Å². The number of Topliss-reactive ketones (excluding diaryl/α,β-unsaturated/α-hetero) is 1. The number of hydrogen-bond donors (Lipinski definition) is 5. The van der Waals surface area contributed by atoms with Crippen LogP contribution >= 0.6 is 0 Å². The largest absolute Gasteiger partial charge is 0.468 e. The molecular weight excluding hydrogens is 811 g/mol. The summed E-state index contributed by atoms with van der Waals surface area (Å²) in [6.45, 7) is 26.3.